The van der Waals surface area contributed by atoms with E-state index in [1.165, 1.54) is 0 Å². The van der Waals surface area contributed by atoms with Crippen LogP contribution < -0.4 is 5.32 Å². The molecular formula is C14H24F3NO. The second-order valence-electron chi connectivity index (χ2n) is 6.01. The molecule has 1 N–H and O–H groups in total. The molecule has 1 saturated carbocycles. The third kappa shape index (κ3) is 3.85. The van der Waals surface area contributed by atoms with Gasteiger partial charge in [0.2, 0.25) is 0 Å². The van der Waals surface area contributed by atoms with E-state index in [1.807, 2.05) is 0 Å². The monoisotopic (exact) mass is 279 g/mol. The molecule has 0 aromatic carbocycles. The van der Waals surface area contributed by atoms with Crippen LogP contribution in [0.3, 0.4) is 0 Å². The molecule has 1 aliphatic carbocycles. The Labute approximate surface area is 113 Å². The zero-order chi connectivity index (χ0) is 13.9. The molecule has 1 aliphatic heterocycles. The average molecular weight is 279 g/mol. The van der Waals surface area contributed by atoms with Crippen LogP contribution in [0.25, 0.3) is 0 Å². The second kappa shape index (κ2) is 6.00. The Morgan fingerprint density at radius 1 is 1.26 bits per heavy atom. The van der Waals surface area contributed by atoms with Gasteiger partial charge in [-0.1, -0.05) is 6.92 Å². The van der Waals surface area contributed by atoms with Gasteiger partial charge < -0.3 is 10.1 Å². The fraction of sp³-hybridized carbons (Fsp3) is 1.00. The summed E-state index contributed by atoms with van der Waals surface area (Å²) in [7, 11) is 0. The van der Waals surface area contributed by atoms with Crippen molar-refractivity contribution in [3.63, 3.8) is 0 Å². The van der Waals surface area contributed by atoms with Gasteiger partial charge in [0.1, 0.15) is 0 Å². The minimum Gasteiger partial charge on any atom is -0.375 e. The van der Waals surface area contributed by atoms with Gasteiger partial charge in [0.25, 0.3) is 0 Å². The highest BCUT2D eigenvalue weighted by molar-refractivity contribution is 4.95. The van der Waals surface area contributed by atoms with Crippen molar-refractivity contribution in [3.05, 3.63) is 0 Å². The number of alkyl halides is 3. The van der Waals surface area contributed by atoms with E-state index in [2.05, 4.69) is 12.2 Å². The van der Waals surface area contributed by atoms with Crippen LogP contribution in [0.15, 0.2) is 0 Å². The number of ether oxygens (including phenoxy) is 1. The molecule has 0 amide bonds. The molecule has 2 aliphatic rings. The van der Waals surface area contributed by atoms with Crippen LogP contribution in [-0.4, -0.2) is 31.0 Å². The third-order valence-electron chi connectivity index (χ3n) is 4.44. The van der Waals surface area contributed by atoms with Crippen molar-refractivity contribution < 1.29 is 17.9 Å². The molecule has 1 saturated heterocycles. The van der Waals surface area contributed by atoms with E-state index in [9.17, 15) is 13.2 Å². The summed E-state index contributed by atoms with van der Waals surface area (Å²) < 4.78 is 44.5. The van der Waals surface area contributed by atoms with Gasteiger partial charge in [-0.25, -0.2) is 0 Å². The zero-order valence-electron chi connectivity index (χ0n) is 11.6. The summed E-state index contributed by atoms with van der Waals surface area (Å²) >= 11 is 0. The van der Waals surface area contributed by atoms with Crippen LogP contribution in [0.4, 0.5) is 13.2 Å². The van der Waals surface area contributed by atoms with E-state index < -0.39 is 17.7 Å². The quantitative estimate of drug-likeness (QED) is 0.851. The highest BCUT2D eigenvalue weighted by Gasteiger charge is 2.49. The van der Waals surface area contributed by atoms with Gasteiger partial charge >= 0.3 is 6.18 Å². The molecular weight excluding hydrogens is 255 g/mol. The summed E-state index contributed by atoms with van der Waals surface area (Å²) in [6, 6.07) is 0.320. The number of nitrogens with one attached hydrogen (secondary N) is 1. The normalized spacial score (nSPS) is 36.6. The summed E-state index contributed by atoms with van der Waals surface area (Å²) in [6.45, 7) is 3.62. The molecule has 0 radical (unpaired) electrons. The van der Waals surface area contributed by atoms with Gasteiger partial charge in [-0.05, 0) is 51.5 Å². The molecule has 0 aromatic rings. The Morgan fingerprint density at radius 2 is 2.05 bits per heavy atom. The van der Waals surface area contributed by atoms with Crippen molar-refractivity contribution >= 4 is 0 Å². The molecule has 3 atom stereocenters. The lowest BCUT2D eigenvalue weighted by Crippen LogP contribution is -2.51. The Kier molecular flexibility index (Phi) is 4.77. The number of halogens is 3. The Bertz CT molecular complexity index is 291. The summed E-state index contributed by atoms with van der Waals surface area (Å²) in [6.07, 6.45) is 0.463. The van der Waals surface area contributed by atoms with E-state index in [-0.39, 0.29) is 12.8 Å². The topological polar surface area (TPSA) is 21.3 Å². The fourth-order valence-electron chi connectivity index (χ4n) is 3.47. The number of hydrogen-bond acceptors (Lipinski definition) is 2. The molecule has 2 rings (SSSR count). The van der Waals surface area contributed by atoms with Crippen molar-refractivity contribution in [1.29, 1.82) is 0 Å². The molecule has 112 valence electrons. The Hall–Kier alpha value is -0.290. The lowest BCUT2D eigenvalue weighted by atomic mass is 9.73. The largest absolute Gasteiger partial charge is 0.391 e. The molecule has 2 fully saturated rings. The van der Waals surface area contributed by atoms with Crippen LogP contribution in [-0.2, 0) is 4.74 Å². The summed E-state index contributed by atoms with van der Waals surface area (Å²) in [5.74, 6) is -1.17. The van der Waals surface area contributed by atoms with E-state index in [1.54, 1.807) is 0 Å². The molecule has 3 unspecified atom stereocenters. The van der Waals surface area contributed by atoms with Gasteiger partial charge in [-0.2, -0.15) is 13.2 Å². The lowest BCUT2D eigenvalue weighted by molar-refractivity contribution is -0.214. The first-order chi connectivity index (χ1) is 8.95. The fourth-order valence-corrected chi connectivity index (χ4v) is 3.47. The number of hydrogen-bond donors (Lipinski definition) is 1. The van der Waals surface area contributed by atoms with Gasteiger partial charge in [0, 0.05) is 12.6 Å². The second-order valence-corrected chi connectivity index (χ2v) is 6.01. The number of rotatable bonds is 3. The smallest absolute Gasteiger partial charge is 0.375 e. The minimum atomic E-state index is -4.07. The molecule has 5 heteroatoms. The van der Waals surface area contributed by atoms with Crippen LogP contribution >= 0.6 is 0 Å². The van der Waals surface area contributed by atoms with Gasteiger partial charge in [-0.15, -0.1) is 0 Å². The van der Waals surface area contributed by atoms with E-state index in [0.29, 0.717) is 19.1 Å². The molecule has 0 aromatic heterocycles. The van der Waals surface area contributed by atoms with Crippen molar-refractivity contribution in [3.8, 4) is 0 Å². The molecule has 19 heavy (non-hydrogen) atoms. The first-order valence-electron chi connectivity index (χ1n) is 7.39. The average Bonchev–Trinajstić information content (AvgIpc) is 2.35. The van der Waals surface area contributed by atoms with Crippen molar-refractivity contribution in [2.45, 2.75) is 69.7 Å². The van der Waals surface area contributed by atoms with Gasteiger partial charge in [0.05, 0.1) is 11.5 Å². The summed E-state index contributed by atoms with van der Waals surface area (Å²) in [4.78, 5) is 0. The van der Waals surface area contributed by atoms with Gasteiger partial charge in [-0.3, -0.25) is 0 Å². The highest BCUT2D eigenvalue weighted by atomic mass is 19.4. The first kappa shape index (κ1) is 15.1. The molecule has 1 heterocycles. The highest BCUT2D eigenvalue weighted by Crippen LogP contribution is 2.46. The summed E-state index contributed by atoms with van der Waals surface area (Å²) in [5, 5.41) is 3.44. The lowest BCUT2D eigenvalue weighted by Gasteiger charge is -2.46. The third-order valence-corrected chi connectivity index (χ3v) is 4.44. The minimum absolute atomic E-state index is 0.154. The standard InChI is InChI=1S/C14H24F3NO/c1-2-7-18-12-5-8-19-13(10-12)6-3-4-11(9-13)14(15,16)17/h11-12,18H,2-10H2,1H3. The molecule has 0 bridgehead atoms. The Balaban J connectivity index is 1.97. The van der Waals surface area contributed by atoms with Crippen molar-refractivity contribution in [2.75, 3.05) is 13.2 Å². The van der Waals surface area contributed by atoms with Crippen LogP contribution in [0.1, 0.15) is 51.9 Å². The maximum absolute atomic E-state index is 12.9. The van der Waals surface area contributed by atoms with Crippen molar-refractivity contribution in [2.24, 2.45) is 5.92 Å². The molecule has 2 nitrogen and oxygen atoms in total. The molecule has 1 spiro atoms. The maximum atomic E-state index is 12.9. The van der Waals surface area contributed by atoms with Crippen LogP contribution in [0, 0.1) is 5.92 Å². The van der Waals surface area contributed by atoms with Crippen LogP contribution in [0.2, 0.25) is 0 Å². The SMILES string of the molecule is CCCNC1CCOC2(CCCC(C(F)(F)F)C2)C1. The zero-order valence-corrected chi connectivity index (χ0v) is 11.6. The van der Waals surface area contributed by atoms with E-state index >= 15 is 0 Å². The summed E-state index contributed by atoms with van der Waals surface area (Å²) in [5.41, 5.74) is -0.526. The predicted molar refractivity (Wildman–Crippen MR) is 68.0 cm³/mol. The Morgan fingerprint density at radius 3 is 2.74 bits per heavy atom. The van der Waals surface area contributed by atoms with Crippen molar-refractivity contribution in [1.82, 2.24) is 5.32 Å². The van der Waals surface area contributed by atoms with E-state index in [4.69, 9.17) is 4.74 Å². The van der Waals surface area contributed by atoms with E-state index in [0.717, 1.165) is 32.2 Å². The van der Waals surface area contributed by atoms with Crippen LogP contribution in [0.5, 0.6) is 0 Å². The predicted octanol–water partition coefficient (Wildman–Crippen LogP) is 3.66. The first-order valence-corrected chi connectivity index (χ1v) is 7.39. The van der Waals surface area contributed by atoms with Gasteiger partial charge in [0.15, 0.2) is 0 Å². The maximum Gasteiger partial charge on any atom is 0.391 e.